The number of aromatic amines is 1. The standard InChI is InChI=1S/C30H40Cl2N7O4.C19H19N3O.W/c31-23-16-21(28-22-17-38(27(43)18-40)14-9-24(22)36-30(28)29(23)32)25-10-15-39(37-25)19-33-11-7-5-3-1-2-4-6-8-26(42)35-13-12-34-20-41;1-3-16-17(14-5-4-12(2)21-10-14)11-22-19(20)18(16)13-6-8-15(23)9-7-13;/h10,15-16,20,36,40H,1-9,11-14,17-19H2,(H,34,41)(H,35,42);4-11,23H,3H2,1-2H3,(H2,20,22);/q-1;;. The molecule has 0 unspecified atom stereocenters. The van der Waals surface area contributed by atoms with Gasteiger partial charge in [0.2, 0.25) is 18.2 Å². The number of aliphatic hydroxyl groups is 1. The van der Waals surface area contributed by atoms with Crippen molar-refractivity contribution in [2.24, 2.45) is 0 Å². The molecule has 67 heavy (non-hydrogen) atoms. The summed E-state index contributed by atoms with van der Waals surface area (Å²) in [5.41, 5.74) is 16.5. The fourth-order valence-corrected chi connectivity index (χ4v) is 8.58. The van der Waals surface area contributed by atoms with E-state index in [1.165, 1.54) is 0 Å². The first-order valence-electron chi connectivity index (χ1n) is 22.5. The summed E-state index contributed by atoms with van der Waals surface area (Å²) in [4.78, 5) is 47.9. The number of aromatic hydroxyl groups is 1. The van der Waals surface area contributed by atoms with E-state index in [9.17, 15) is 24.6 Å². The molecule has 2 aromatic carbocycles. The van der Waals surface area contributed by atoms with Gasteiger partial charge in [0.15, 0.2) is 0 Å². The molecule has 0 fully saturated rings. The number of amides is 3. The smallest absolute Gasteiger partial charge is 0.248 e. The number of nitrogens with one attached hydrogen (secondary N) is 3. The van der Waals surface area contributed by atoms with Gasteiger partial charge in [-0.1, -0.05) is 86.8 Å². The molecule has 7 rings (SSSR count). The van der Waals surface area contributed by atoms with E-state index in [2.05, 4.69) is 43.9 Å². The van der Waals surface area contributed by atoms with E-state index in [1.54, 1.807) is 21.7 Å². The number of benzene rings is 2. The van der Waals surface area contributed by atoms with Gasteiger partial charge in [-0.25, -0.2) is 4.98 Å². The van der Waals surface area contributed by atoms with Crippen molar-refractivity contribution in [1.82, 2.24) is 40.3 Å². The number of pyridine rings is 2. The molecule has 4 aromatic heterocycles. The number of carbonyl (C=O) groups excluding carboxylic acids is 3. The Balaban J connectivity index is 0.000000294. The van der Waals surface area contributed by atoms with Crippen LogP contribution in [0.3, 0.4) is 0 Å². The molecule has 5 heterocycles. The molecule has 0 spiro atoms. The van der Waals surface area contributed by atoms with Crippen molar-refractivity contribution in [2.75, 3.05) is 38.5 Å². The van der Waals surface area contributed by atoms with E-state index >= 15 is 0 Å². The third-order valence-electron chi connectivity index (χ3n) is 11.6. The molecule has 356 valence electrons. The Morgan fingerprint density at radius 2 is 1.69 bits per heavy atom. The van der Waals surface area contributed by atoms with Crippen LogP contribution in [-0.2, 0) is 61.5 Å². The number of nitrogen functional groups attached to an aromatic ring is 1. The van der Waals surface area contributed by atoms with Gasteiger partial charge >= 0.3 is 0 Å². The van der Waals surface area contributed by atoms with E-state index < -0.39 is 6.61 Å². The monoisotopic (exact) mass is 1120 g/mol. The minimum atomic E-state index is -0.517. The molecule has 0 bridgehead atoms. The number of nitrogens with zero attached hydrogens (tertiary/aromatic N) is 6. The zero-order valence-electron chi connectivity index (χ0n) is 38.0. The van der Waals surface area contributed by atoms with Crippen molar-refractivity contribution < 1.29 is 45.7 Å². The van der Waals surface area contributed by atoms with Gasteiger partial charge in [-0.15, -0.1) is 6.54 Å². The van der Waals surface area contributed by atoms with Gasteiger partial charge in [-0.2, -0.15) is 5.10 Å². The Hall–Kier alpha value is -5.31. The number of halogens is 2. The van der Waals surface area contributed by atoms with Crippen LogP contribution in [-0.4, -0.2) is 90.9 Å². The third-order valence-corrected chi connectivity index (χ3v) is 12.4. The average molecular weight is 1120 g/mol. The Morgan fingerprint density at radius 1 is 0.955 bits per heavy atom. The number of fused-ring (bicyclic) bond motifs is 3. The normalized spacial score (nSPS) is 11.9. The fourth-order valence-electron chi connectivity index (χ4n) is 8.18. The van der Waals surface area contributed by atoms with Crippen molar-refractivity contribution >= 4 is 58.1 Å². The van der Waals surface area contributed by atoms with Gasteiger partial charge in [0.25, 0.3) is 0 Å². The molecule has 0 radical (unpaired) electrons. The van der Waals surface area contributed by atoms with E-state index in [4.69, 9.17) is 34.0 Å². The predicted molar refractivity (Wildman–Crippen MR) is 261 cm³/mol. The summed E-state index contributed by atoms with van der Waals surface area (Å²) in [7, 11) is 0. The van der Waals surface area contributed by atoms with Gasteiger partial charge in [0.1, 0.15) is 18.2 Å². The second kappa shape index (κ2) is 26.3. The number of aromatic nitrogens is 5. The van der Waals surface area contributed by atoms with Crippen LogP contribution in [0.4, 0.5) is 5.82 Å². The van der Waals surface area contributed by atoms with Gasteiger partial charge < -0.3 is 41.8 Å². The molecule has 1 aliphatic heterocycles. The van der Waals surface area contributed by atoms with Crippen molar-refractivity contribution in [3.8, 4) is 39.3 Å². The van der Waals surface area contributed by atoms with Gasteiger partial charge in [0.05, 0.1) is 21.3 Å². The minimum Gasteiger partial charge on any atom is -0.643 e. The topological polar surface area (TPSA) is 218 Å². The Bertz CT molecular complexity index is 2570. The summed E-state index contributed by atoms with van der Waals surface area (Å²) in [6, 6.07) is 14.8. The van der Waals surface area contributed by atoms with Gasteiger partial charge in [-0.05, 0) is 67.9 Å². The number of carbonyl (C=O) groups is 3. The zero-order chi connectivity index (χ0) is 47.0. The maximum Gasteiger partial charge on any atom is 0.248 e. The molecule has 15 nitrogen and oxygen atoms in total. The summed E-state index contributed by atoms with van der Waals surface area (Å²) >= 11 is 13.1. The van der Waals surface area contributed by atoms with Crippen molar-refractivity contribution in [3.05, 3.63) is 105 Å². The molecule has 3 amide bonds. The summed E-state index contributed by atoms with van der Waals surface area (Å²) in [5, 5.41) is 35.3. The van der Waals surface area contributed by atoms with Crippen LogP contribution in [0.5, 0.6) is 5.75 Å². The van der Waals surface area contributed by atoms with E-state index in [0.717, 1.165) is 125 Å². The second-order valence-electron chi connectivity index (χ2n) is 16.3. The summed E-state index contributed by atoms with van der Waals surface area (Å²) in [6.07, 6.45) is 15.7. The van der Waals surface area contributed by atoms with Crippen molar-refractivity contribution in [3.63, 3.8) is 0 Å². The molecule has 6 aromatic rings. The minimum absolute atomic E-state index is 0. The number of hydrogen-bond donors (Lipinski definition) is 6. The van der Waals surface area contributed by atoms with E-state index in [1.807, 2.05) is 55.8 Å². The van der Waals surface area contributed by atoms with Crippen LogP contribution >= 0.6 is 23.2 Å². The quantitative estimate of drug-likeness (QED) is 0.0300. The molecule has 0 saturated heterocycles. The predicted octanol–water partition coefficient (Wildman–Crippen LogP) is 8.50. The number of H-pyrrole nitrogens is 1. The SMILES string of the molecule is CCc1c(-c2ccc(C)nc2)cnc(N)c1-c1ccc(O)cc1.O=CNCCNC(=O)CCCCCCCCC[N-]Cn1ccc(-c2cc(Cl)c(Cl)c3[nH]c4c(c23)CN(C(=O)CO)CC4)n1.[W]. The number of phenolic OH excluding ortho intramolecular Hbond substituents is 1. The number of hydrogen-bond acceptors (Lipinski definition) is 9. The Morgan fingerprint density at radius 3 is 2.39 bits per heavy atom. The second-order valence-corrected chi connectivity index (χ2v) is 17.0. The number of unbranched alkanes of at least 4 members (excludes halogenated alkanes) is 6. The molecule has 18 heteroatoms. The van der Waals surface area contributed by atoms with Crippen LogP contribution in [0.2, 0.25) is 10.0 Å². The number of nitrogens with two attached hydrogens (primary N) is 1. The fraction of sp³-hybridized carbons (Fsp3) is 0.388. The third kappa shape index (κ3) is 14.1. The Kier molecular flexibility index (Phi) is 20.7. The summed E-state index contributed by atoms with van der Waals surface area (Å²) in [6.45, 7) is 6.62. The maximum atomic E-state index is 12.2. The molecular formula is C49H59Cl2N10O5W-. The summed E-state index contributed by atoms with van der Waals surface area (Å²) in [5.74, 6) is 0.468. The van der Waals surface area contributed by atoms with Crippen molar-refractivity contribution in [2.45, 2.75) is 91.3 Å². The van der Waals surface area contributed by atoms with Crippen LogP contribution in [0, 0.1) is 6.92 Å². The van der Waals surface area contributed by atoms with Gasteiger partial charge in [0, 0.05) is 123 Å². The van der Waals surface area contributed by atoms with E-state index in [-0.39, 0.29) is 38.6 Å². The van der Waals surface area contributed by atoms with E-state index in [0.29, 0.717) is 68.0 Å². The number of phenols is 1. The number of anilines is 1. The van der Waals surface area contributed by atoms with Crippen LogP contribution in [0.15, 0.2) is 67.1 Å². The Labute approximate surface area is 415 Å². The van der Waals surface area contributed by atoms with Crippen LogP contribution in [0.25, 0.3) is 49.7 Å². The van der Waals surface area contributed by atoms with Gasteiger partial charge in [-0.3, -0.25) is 24.0 Å². The van der Waals surface area contributed by atoms with Crippen LogP contribution < -0.4 is 16.4 Å². The molecule has 7 N–H and O–H groups in total. The summed E-state index contributed by atoms with van der Waals surface area (Å²) < 4.78 is 1.80. The van der Waals surface area contributed by atoms with Crippen molar-refractivity contribution in [1.29, 1.82) is 0 Å². The zero-order valence-corrected chi connectivity index (χ0v) is 42.4. The first kappa shape index (κ1) is 52.7. The average Bonchev–Trinajstić information content (AvgIpc) is 3.96. The molecule has 0 atom stereocenters. The number of rotatable bonds is 21. The molecular weight excluding hydrogens is 1060 g/mol. The largest absolute Gasteiger partial charge is 0.643 e. The number of aliphatic hydroxyl groups excluding tert-OH is 1. The first-order chi connectivity index (χ1) is 32.0. The molecule has 0 saturated carbocycles. The number of aryl methyl sites for hydroxylation is 1. The van der Waals surface area contributed by atoms with Crippen LogP contribution in [0.1, 0.15) is 80.8 Å². The maximum absolute atomic E-state index is 12.2. The molecule has 1 aliphatic rings. The molecule has 0 aliphatic carbocycles. The first-order valence-corrected chi connectivity index (χ1v) is 23.3.